The Balaban J connectivity index is 1.69. The molecule has 2 rings (SSSR count). The molecule has 0 aromatic carbocycles. The van der Waals surface area contributed by atoms with Gasteiger partial charge in [0.2, 0.25) is 5.91 Å². The van der Waals surface area contributed by atoms with E-state index in [-0.39, 0.29) is 11.9 Å². The van der Waals surface area contributed by atoms with Crippen molar-refractivity contribution in [3.8, 4) is 0 Å². The molecule has 0 unspecified atom stereocenters. The van der Waals surface area contributed by atoms with Gasteiger partial charge < -0.3 is 10.6 Å². The van der Waals surface area contributed by atoms with E-state index in [4.69, 9.17) is 0 Å². The molecule has 1 aliphatic carbocycles. The van der Waals surface area contributed by atoms with Crippen molar-refractivity contribution in [3.63, 3.8) is 0 Å². The van der Waals surface area contributed by atoms with E-state index in [0.717, 1.165) is 12.8 Å². The van der Waals surface area contributed by atoms with Crippen LogP contribution in [0.15, 0.2) is 17.5 Å². The van der Waals surface area contributed by atoms with E-state index >= 15 is 0 Å². The van der Waals surface area contributed by atoms with Gasteiger partial charge in [0.15, 0.2) is 0 Å². The van der Waals surface area contributed by atoms with Crippen molar-refractivity contribution in [3.05, 3.63) is 22.4 Å². The molecule has 0 saturated heterocycles. The fourth-order valence-corrected chi connectivity index (χ4v) is 3.35. The number of hydrogen-bond donors (Lipinski definition) is 2. The van der Waals surface area contributed by atoms with Crippen LogP contribution in [0.25, 0.3) is 0 Å². The van der Waals surface area contributed by atoms with E-state index in [1.807, 2.05) is 6.07 Å². The van der Waals surface area contributed by atoms with E-state index in [0.29, 0.717) is 12.6 Å². The highest BCUT2D eigenvalue weighted by atomic mass is 32.1. The molecule has 1 aromatic heterocycles. The first kappa shape index (κ1) is 14.5. The third-order valence-electron chi connectivity index (χ3n) is 3.76. The third kappa shape index (κ3) is 4.96. The van der Waals surface area contributed by atoms with Crippen molar-refractivity contribution < 1.29 is 4.79 Å². The molecule has 1 saturated carbocycles. The standard InChI is InChI=1S/C15H24N2OS/c1-12(14-9-6-10-19-14)16-11-15(18)17-13-7-4-2-3-5-8-13/h6,9-10,12-13,16H,2-5,7-8,11H2,1H3,(H,17,18)/t12-/m1/s1. The molecule has 2 N–H and O–H groups in total. The Kier molecular flexibility index (Phi) is 5.86. The molecule has 3 nitrogen and oxygen atoms in total. The van der Waals surface area contributed by atoms with Gasteiger partial charge in [-0.1, -0.05) is 31.7 Å². The summed E-state index contributed by atoms with van der Waals surface area (Å²) in [5.74, 6) is 0.135. The minimum Gasteiger partial charge on any atom is -0.352 e. The van der Waals surface area contributed by atoms with Gasteiger partial charge in [0.1, 0.15) is 0 Å². The number of carbonyl (C=O) groups is 1. The lowest BCUT2D eigenvalue weighted by atomic mass is 10.1. The minimum atomic E-state index is 0.135. The highest BCUT2D eigenvalue weighted by Gasteiger charge is 2.15. The van der Waals surface area contributed by atoms with Gasteiger partial charge >= 0.3 is 0 Å². The van der Waals surface area contributed by atoms with Gasteiger partial charge in [-0.05, 0) is 31.2 Å². The van der Waals surface area contributed by atoms with Gasteiger partial charge in [-0.15, -0.1) is 11.3 Å². The fourth-order valence-electron chi connectivity index (χ4n) is 2.59. The second-order valence-electron chi connectivity index (χ2n) is 5.37. The summed E-state index contributed by atoms with van der Waals surface area (Å²) >= 11 is 1.73. The topological polar surface area (TPSA) is 41.1 Å². The predicted molar refractivity (Wildman–Crippen MR) is 80.4 cm³/mol. The number of rotatable bonds is 5. The maximum Gasteiger partial charge on any atom is 0.234 e. The van der Waals surface area contributed by atoms with Gasteiger partial charge in [0.05, 0.1) is 6.54 Å². The first-order valence-electron chi connectivity index (χ1n) is 7.32. The normalized spacial score (nSPS) is 18.8. The molecular formula is C15H24N2OS. The largest absolute Gasteiger partial charge is 0.352 e. The average Bonchev–Trinajstić information content (AvgIpc) is 2.82. The third-order valence-corrected chi connectivity index (χ3v) is 4.81. The highest BCUT2D eigenvalue weighted by molar-refractivity contribution is 7.10. The van der Waals surface area contributed by atoms with Crippen LogP contribution < -0.4 is 10.6 Å². The molecule has 1 aliphatic rings. The van der Waals surface area contributed by atoms with Crippen LogP contribution >= 0.6 is 11.3 Å². The Morgan fingerprint density at radius 1 is 1.37 bits per heavy atom. The molecule has 1 amide bonds. The highest BCUT2D eigenvalue weighted by Crippen LogP contribution is 2.18. The zero-order valence-electron chi connectivity index (χ0n) is 11.7. The van der Waals surface area contributed by atoms with Crippen molar-refractivity contribution >= 4 is 17.2 Å². The van der Waals surface area contributed by atoms with Crippen LogP contribution in [0.2, 0.25) is 0 Å². The van der Waals surface area contributed by atoms with Crippen LogP contribution in [0, 0.1) is 0 Å². The van der Waals surface area contributed by atoms with Gasteiger partial charge in [-0.2, -0.15) is 0 Å². The summed E-state index contributed by atoms with van der Waals surface area (Å²) in [6.45, 7) is 2.51. The van der Waals surface area contributed by atoms with Gasteiger partial charge in [0.25, 0.3) is 0 Å². The van der Waals surface area contributed by atoms with Crippen LogP contribution in [-0.4, -0.2) is 18.5 Å². The second-order valence-corrected chi connectivity index (χ2v) is 6.35. The summed E-state index contributed by atoms with van der Waals surface area (Å²) in [5.41, 5.74) is 0. The monoisotopic (exact) mass is 280 g/mol. The Bertz CT molecular complexity index is 370. The SMILES string of the molecule is C[C@@H](NCC(=O)NC1CCCCCC1)c1cccs1. The Labute approximate surface area is 119 Å². The molecule has 0 radical (unpaired) electrons. The fraction of sp³-hybridized carbons (Fsp3) is 0.667. The van der Waals surface area contributed by atoms with Crippen molar-refractivity contribution in [2.75, 3.05) is 6.54 Å². The smallest absolute Gasteiger partial charge is 0.234 e. The van der Waals surface area contributed by atoms with Crippen LogP contribution in [0.1, 0.15) is 56.4 Å². The summed E-state index contributed by atoms with van der Waals surface area (Å²) in [5, 5.41) is 8.52. The van der Waals surface area contributed by atoms with E-state index in [1.54, 1.807) is 11.3 Å². The van der Waals surface area contributed by atoms with Crippen LogP contribution in [0.3, 0.4) is 0 Å². The molecule has 1 fully saturated rings. The molecule has 0 aliphatic heterocycles. The average molecular weight is 280 g/mol. The molecule has 4 heteroatoms. The van der Waals surface area contributed by atoms with E-state index < -0.39 is 0 Å². The van der Waals surface area contributed by atoms with E-state index in [9.17, 15) is 4.79 Å². The summed E-state index contributed by atoms with van der Waals surface area (Å²) in [7, 11) is 0. The predicted octanol–water partition coefficient (Wildman–Crippen LogP) is 3.24. The van der Waals surface area contributed by atoms with Gasteiger partial charge in [0, 0.05) is 17.0 Å². The summed E-state index contributed by atoms with van der Waals surface area (Å²) in [4.78, 5) is 13.2. The zero-order valence-corrected chi connectivity index (χ0v) is 12.5. The summed E-state index contributed by atoms with van der Waals surface area (Å²) < 4.78 is 0. The first-order chi connectivity index (χ1) is 9.25. The van der Waals surface area contributed by atoms with Crippen molar-refractivity contribution in [2.45, 2.75) is 57.5 Å². The van der Waals surface area contributed by atoms with Crippen LogP contribution in [0.5, 0.6) is 0 Å². The Morgan fingerprint density at radius 3 is 2.74 bits per heavy atom. The first-order valence-corrected chi connectivity index (χ1v) is 8.20. The zero-order chi connectivity index (χ0) is 13.5. The van der Waals surface area contributed by atoms with E-state index in [1.165, 1.54) is 30.6 Å². The van der Waals surface area contributed by atoms with E-state index in [2.05, 4.69) is 29.0 Å². The minimum absolute atomic E-state index is 0.135. The molecule has 0 spiro atoms. The lowest BCUT2D eigenvalue weighted by Gasteiger charge is -2.17. The Morgan fingerprint density at radius 2 is 2.11 bits per heavy atom. The maximum atomic E-state index is 11.9. The Hall–Kier alpha value is -0.870. The van der Waals surface area contributed by atoms with Crippen LogP contribution in [0.4, 0.5) is 0 Å². The quantitative estimate of drug-likeness (QED) is 0.813. The van der Waals surface area contributed by atoms with Crippen LogP contribution in [-0.2, 0) is 4.79 Å². The van der Waals surface area contributed by atoms with Gasteiger partial charge in [-0.25, -0.2) is 0 Å². The number of carbonyl (C=O) groups excluding carboxylic acids is 1. The molecule has 1 atom stereocenters. The molecule has 19 heavy (non-hydrogen) atoms. The van der Waals surface area contributed by atoms with Gasteiger partial charge in [-0.3, -0.25) is 4.79 Å². The molecular weight excluding hydrogens is 256 g/mol. The molecule has 0 bridgehead atoms. The number of amides is 1. The number of nitrogens with one attached hydrogen (secondary N) is 2. The van der Waals surface area contributed by atoms with Crippen molar-refractivity contribution in [1.82, 2.24) is 10.6 Å². The maximum absolute atomic E-state index is 11.9. The molecule has 106 valence electrons. The molecule has 1 aromatic rings. The number of thiophene rings is 1. The van der Waals surface area contributed by atoms with Crippen molar-refractivity contribution in [2.24, 2.45) is 0 Å². The second kappa shape index (κ2) is 7.65. The lowest BCUT2D eigenvalue weighted by molar-refractivity contribution is -0.121. The summed E-state index contributed by atoms with van der Waals surface area (Å²) in [6.07, 6.45) is 7.44. The number of hydrogen-bond acceptors (Lipinski definition) is 3. The lowest BCUT2D eigenvalue weighted by Crippen LogP contribution is -2.40. The molecule has 1 heterocycles. The van der Waals surface area contributed by atoms with Crippen molar-refractivity contribution in [1.29, 1.82) is 0 Å². The summed E-state index contributed by atoms with van der Waals surface area (Å²) in [6, 6.07) is 4.80.